The predicted molar refractivity (Wildman–Crippen MR) is 79.5 cm³/mol. The first-order chi connectivity index (χ1) is 10.5. The molecule has 0 spiro atoms. The molecule has 1 atom stereocenters. The van der Waals surface area contributed by atoms with E-state index in [1.54, 1.807) is 14.0 Å². The SMILES string of the molecule is C=C(C)C(=O)OCCOCCCC(=O)OCC(COC)OC. The molecule has 0 aromatic rings. The van der Waals surface area contributed by atoms with Gasteiger partial charge in [-0.3, -0.25) is 4.79 Å². The fraction of sp³-hybridized carbons (Fsp3) is 0.733. The molecule has 0 saturated carbocycles. The van der Waals surface area contributed by atoms with Crippen LogP contribution in [0.25, 0.3) is 0 Å². The zero-order chi connectivity index (χ0) is 16.8. The summed E-state index contributed by atoms with van der Waals surface area (Å²) in [6.07, 6.45) is 0.540. The Morgan fingerprint density at radius 2 is 1.77 bits per heavy atom. The number of carbonyl (C=O) groups is 2. The molecule has 0 aromatic carbocycles. The molecular formula is C15H26O7. The van der Waals surface area contributed by atoms with Gasteiger partial charge in [0, 0.05) is 32.8 Å². The minimum Gasteiger partial charge on any atom is -0.463 e. The van der Waals surface area contributed by atoms with Crippen LogP contribution < -0.4 is 0 Å². The smallest absolute Gasteiger partial charge is 0.333 e. The summed E-state index contributed by atoms with van der Waals surface area (Å²) >= 11 is 0. The lowest BCUT2D eigenvalue weighted by atomic mass is 10.3. The van der Waals surface area contributed by atoms with E-state index in [0.29, 0.717) is 25.2 Å². The zero-order valence-corrected chi connectivity index (χ0v) is 13.6. The van der Waals surface area contributed by atoms with Gasteiger partial charge in [-0.05, 0) is 13.3 Å². The first-order valence-electron chi connectivity index (χ1n) is 7.09. The van der Waals surface area contributed by atoms with Crippen molar-refractivity contribution < 1.29 is 33.3 Å². The van der Waals surface area contributed by atoms with E-state index in [1.165, 1.54) is 7.11 Å². The number of esters is 2. The van der Waals surface area contributed by atoms with Crippen molar-refractivity contribution in [2.45, 2.75) is 25.9 Å². The van der Waals surface area contributed by atoms with Crippen LogP contribution in [0.15, 0.2) is 12.2 Å². The third-order valence-corrected chi connectivity index (χ3v) is 2.59. The van der Waals surface area contributed by atoms with Crippen LogP contribution in [0.4, 0.5) is 0 Å². The van der Waals surface area contributed by atoms with E-state index in [-0.39, 0.29) is 38.3 Å². The second-order valence-electron chi connectivity index (χ2n) is 4.63. The highest BCUT2D eigenvalue weighted by atomic mass is 16.6. The molecule has 7 heteroatoms. The van der Waals surface area contributed by atoms with Crippen molar-refractivity contribution in [3.05, 3.63) is 12.2 Å². The van der Waals surface area contributed by atoms with Crippen molar-refractivity contribution in [2.24, 2.45) is 0 Å². The molecule has 0 saturated heterocycles. The number of methoxy groups -OCH3 is 2. The van der Waals surface area contributed by atoms with Gasteiger partial charge in [-0.25, -0.2) is 4.79 Å². The Labute approximate surface area is 131 Å². The van der Waals surface area contributed by atoms with Crippen LogP contribution in [0.5, 0.6) is 0 Å². The standard InChI is InChI=1S/C15H26O7/c1-12(2)15(17)21-9-8-20-7-5-6-14(16)22-11-13(19-4)10-18-3/h13H,1,5-11H2,2-4H3. The summed E-state index contributed by atoms with van der Waals surface area (Å²) in [7, 11) is 3.09. The molecular weight excluding hydrogens is 292 g/mol. The van der Waals surface area contributed by atoms with E-state index >= 15 is 0 Å². The highest BCUT2D eigenvalue weighted by molar-refractivity contribution is 5.86. The Morgan fingerprint density at radius 1 is 1.05 bits per heavy atom. The summed E-state index contributed by atoms with van der Waals surface area (Å²) in [6, 6.07) is 0. The lowest BCUT2D eigenvalue weighted by Crippen LogP contribution is -2.25. The van der Waals surface area contributed by atoms with Crippen molar-refractivity contribution in [1.82, 2.24) is 0 Å². The van der Waals surface area contributed by atoms with Crippen LogP contribution >= 0.6 is 0 Å². The maximum Gasteiger partial charge on any atom is 0.333 e. The molecule has 0 aromatic heterocycles. The van der Waals surface area contributed by atoms with E-state index in [4.69, 9.17) is 23.7 Å². The number of hydrogen-bond donors (Lipinski definition) is 0. The summed E-state index contributed by atoms with van der Waals surface area (Å²) in [5.41, 5.74) is 0.352. The maximum atomic E-state index is 11.5. The number of carbonyl (C=O) groups excluding carboxylic acids is 2. The summed E-state index contributed by atoms with van der Waals surface area (Å²) < 4.78 is 25.1. The maximum absolute atomic E-state index is 11.5. The molecule has 0 heterocycles. The van der Waals surface area contributed by atoms with Crippen LogP contribution in [-0.2, 0) is 33.3 Å². The van der Waals surface area contributed by atoms with Crippen LogP contribution in [0.2, 0.25) is 0 Å². The third kappa shape index (κ3) is 11.2. The van der Waals surface area contributed by atoms with Crippen LogP contribution in [0, 0.1) is 0 Å². The second kappa shape index (κ2) is 13.2. The number of rotatable bonds is 13. The lowest BCUT2D eigenvalue weighted by molar-refractivity contribution is -0.148. The van der Waals surface area contributed by atoms with Crippen LogP contribution in [0.1, 0.15) is 19.8 Å². The predicted octanol–water partition coefficient (Wildman–Crippen LogP) is 1.11. The molecule has 0 radical (unpaired) electrons. The molecule has 1 unspecified atom stereocenters. The molecule has 0 N–H and O–H groups in total. The molecule has 0 bridgehead atoms. The summed E-state index contributed by atoms with van der Waals surface area (Å²) in [4.78, 5) is 22.5. The van der Waals surface area contributed by atoms with E-state index in [2.05, 4.69) is 6.58 Å². The highest BCUT2D eigenvalue weighted by Crippen LogP contribution is 1.98. The first-order valence-corrected chi connectivity index (χ1v) is 7.09. The molecule has 0 aliphatic carbocycles. The van der Waals surface area contributed by atoms with Crippen molar-refractivity contribution in [3.63, 3.8) is 0 Å². The van der Waals surface area contributed by atoms with Crippen molar-refractivity contribution in [1.29, 1.82) is 0 Å². The van der Waals surface area contributed by atoms with Gasteiger partial charge in [-0.15, -0.1) is 0 Å². The van der Waals surface area contributed by atoms with Gasteiger partial charge in [0.1, 0.15) is 19.3 Å². The highest BCUT2D eigenvalue weighted by Gasteiger charge is 2.10. The molecule has 0 fully saturated rings. The molecule has 0 aliphatic heterocycles. The Hall–Kier alpha value is -1.44. The Bertz CT molecular complexity index is 341. The number of hydrogen-bond acceptors (Lipinski definition) is 7. The quantitative estimate of drug-likeness (QED) is 0.286. The van der Waals surface area contributed by atoms with E-state index < -0.39 is 5.97 Å². The van der Waals surface area contributed by atoms with Gasteiger partial charge in [-0.1, -0.05) is 6.58 Å². The average molecular weight is 318 g/mol. The molecule has 0 amide bonds. The second-order valence-corrected chi connectivity index (χ2v) is 4.63. The monoisotopic (exact) mass is 318 g/mol. The van der Waals surface area contributed by atoms with Gasteiger partial charge in [0.15, 0.2) is 0 Å². The van der Waals surface area contributed by atoms with E-state index in [9.17, 15) is 9.59 Å². The van der Waals surface area contributed by atoms with Gasteiger partial charge < -0.3 is 23.7 Å². The number of ether oxygens (including phenoxy) is 5. The fourth-order valence-corrected chi connectivity index (χ4v) is 1.37. The summed E-state index contributed by atoms with van der Waals surface area (Å²) in [5, 5.41) is 0. The van der Waals surface area contributed by atoms with Gasteiger partial charge in [0.25, 0.3) is 0 Å². The van der Waals surface area contributed by atoms with Gasteiger partial charge in [0.05, 0.1) is 13.2 Å². The van der Waals surface area contributed by atoms with E-state index in [0.717, 1.165) is 0 Å². The largest absolute Gasteiger partial charge is 0.463 e. The van der Waals surface area contributed by atoms with Gasteiger partial charge >= 0.3 is 11.9 Å². The molecule has 7 nitrogen and oxygen atoms in total. The molecule has 0 rings (SSSR count). The van der Waals surface area contributed by atoms with Crippen molar-refractivity contribution in [3.8, 4) is 0 Å². The summed E-state index contributed by atoms with van der Waals surface area (Å²) in [5.74, 6) is -0.744. The zero-order valence-electron chi connectivity index (χ0n) is 13.6. The Kier molecular flexibility index (Phi) is 12.4. The van der Waals surface area contributed by atoms with Gasteiger partial charge in [-0.2, -0.15) is 0 Å². The third-order valence-electron chi connectivity index (χ3n) is 2.59. The summed E-state index contributed by atoms with van der Waals surface area (Å²) in [6.45, 7) is 6.43. The Morgan fingerprint density at radius 3 is 2.36 bits per heavy atom. The lowest BCUT2D eigenvalue weighted by Gasteiger charge is -2.14. The fourth-order valence-electron chi connectivity index (χ4n) is 1.37. The average Bonchev–Trinajstić information content (AvgIpc) is 2.49. The minimum atomic E-state index is -0.434. The van der Waals surface area contributed by atoms with E-state index in [1.807, 2.05) is 0 Å². The first kappa shape index (κ1) is 20.6. The van der Waals surface area contributed by atoms with Crippen molar-refractivity contribution >= 4 is 11.9 Å². The Balaban J connectivity index is 3.49. The normalized spacial score (nSPS) is 11.8. The van der Waals surface area contributed by atoms with Gasteiger partial charge in [0.2, 0.25) is 0 Å². The van der Waals surface area contributed by atoms with Crippen LogP contribution in [-0.4, -0.2) is 65.3 Å². The topological polar surface area (TPSA) is 80.3 Å². The molecule has 0 aliphatic rings. The van der Waals surface area contributed by atoms with Crippen LogP contribution in [0.3, 0.4) is 0 Å². The molecule has 128 valence electrons. The molecule has 22 heavy (non-hydrogen) atoms. The minimum absolute atomic E-state index is 0.168. The van der Waals surface area contributed by atoms with Crippen molar-refractivity contribution in [2.75, 3.05) is 47.3 Å².